The van der Waals surface area contributed by atoms with Crippen LogP contribution in [0, 0.1) is 5.92 Å². The number of hydrogen-bond donors (Lipinski definition) is 2. The molecule has 0 saturated carbocycles. The first-order chi connectivity index (χ1) is 10.1. The highest BCUT2D eigenvalue weighted by molar-refractivity contribution is 5.77. The lowest BCUT2D eigenvalue weighted by Crippen LogP contribution is -2.39. The molecule has 0 spiro atoms. The first kappa shape index (κ1) is 15.5. The Balaban J connectivity index is 1.91. The first-order valence-corrected chi connectivity index (χ1v) is 7.42. The minimum Gasteiger partial charge on any atom is -0.396 e. The summed E-state index contributed by atoms with van der Waals surface area (Å²) in [6.45, 7) is 4.79. The van der Waals surface area contributed by atoms with Crippen LogP contribution in [0.1, 0.15) is 26.7 Å². The number of benzene rings is 1. The minimum absolute atomic E-state index is 0.0138. The zero-order chi connectivity index (χ0) is 15.2. The Bertz CT molecular complexity index is 592. The number of imidazole rings is 1. The lowest BCUT2D eigenvalue weighted by Gasteiger charge is -2.21. The molecule has 114 valence electrons. The number of nitrogens with zero attached hydrogens (tertiary/aromatic N) is 2. The summed E-state index contributed by atoms with van der Waals surface area (Å²) in [5, 5.41) is 12.0. The van der Waals surface area contributed by atoms with E-state index < -0.39 is 0 Å². The average molecular weight is 289 g/mol. The number of para-hydroxylation sites is 2. The molecule has 1 atom stereocenters. The molecule has 1 aromatic heterocycles. The third-order valence-electron chi connectivity index (χ3n) is 3.70. The van der Waals surface area contributed by atoms with Crippen molar-refractivity contribution in [3.05, 3.63) is 30.6 Å². The van der Waals surface area contributed by atoms with Crippen LogP contribution in [0.15, 0.2) is 30.6 Å². The molecule has 0 saturated heterocycles. The molecule has 1 amide bonds. The summed E-state index contributed by atoms with van der Waals surface area (Å²) in [4.78, 5) is 16.4. The standard InChI is InChI=1S/C16H23N3O2/c1-12(2)13(8-10-20)18-16(21)7-9-19-11-17-14-5-3-4-6-15(14)19/h3-6,11-13,20H,7-10H2,1-2H3,(H,18,21). The minimum atomic E-state index is 0.0138. The molecule has 0 aliphatic rings. The molecule has 0 fully saturated rings. The van der Waals surface area contributed by atoms with Crippen molar-refractivity contribution >= 4 is 16.9 Å². The van der Waals surface area contributed by atoms with Gasteiger partial charge in [0.1, 0.15) is 0 Å². The molecule has 0 aliphatic heterocycles. The Kier molecular flexibility index (Phi) is 5.33. The normalized spacial score (nSPS) is 12.8. The lowest BCUT2D eigenvalue weighted by atomic mass is 10.0. The molecular weight excluding hydrogens is 266 g/mol. The van der Waals surface area contributed by atoms with Crippen molar-refractivity contribution in [2.24, 2.45) is 5.92 Å². The molecule has 1 unspecified atom stereocenters. The lowest BCUT2D eigenvalue weighted by molar-refractivity contribution is -0.122. The van der Waals surface area contributed by atoms with Crippen LogP contribution in [0.4, 0.5) is 0 Å². The van der Waals surface area contributed by atoms with E-state index in [4.69, 9.17) is 5.11 Å². The van der Waals surface area contributed by atoms with E-state index in [0.717, 1.165) is 11.0 Å². The molecule has 5 nitrogen and oxygen atoms in total. The quantitative estimate of drug-likeness (QED) is 0.818. The van der Waals surface area contributed by atoms with Crippen molar-refractivity contribution in [3.8, 4) is 0 Å². The number of carbonyl (C=O) groups excluding carboxylic acids is 1. The number of fused-ring (bicyclic) bond motifs is 1. The van der Waals surface area contributed by atoms with Gasteiger partial charge in [0.05, 0.1) is 17.4 Å². The van der Waals surface area contributed by atoms with Crippen LogP contribution >= 0.6 is 0 Å². The highest BCUT2D eigenvalue weighted by Crippen LogP contribution is 2.12. The number of carbonyl (C=O) groups is 1. The van der Waals surface area contributed by atoms with E-state index in [-0.39, 0.29) is 18.6 Å². The molecule has 0 aliphatic carbocycles. The number of rotatable bonds is 7. The summed E-state index contributed by atoms with van der Waals surface area (Å²) < 4.78 is 1.99. The average Bonchev–Trinajstić information content (AvgIpc) is 2.88. The second-order valence-electron chi connectivity index (χ2n) is 5.61. The molecule has 1 aromatic carbocycles. The molecular formula is C16H23N3O2. The van der Waals surface area contributed by atoms with Gasteiger partial charge in [-0.05, 0) is 24.5 Å². The fourth-order valence-corrected chi connectivity index (χ4v) is 2.40. The predicted molar refractivity (Wildman–Crippen MR) is 82.8 cm³/mol. The van der Waals surface area contributed by atoms with Crippen LogP contribution in [0.5, 0.6) is 0 Å². The van der Waals surface area contributed by atoms with E-state index in [9.17, 15) is 4.79 Å². The molecule has 0 radical (unpaired) electrons. The van der Waals surface area contributed by atoms with E-state index in [1.54, 1.807) is 6.33 Å². The summed E-state index contributed by atoms with van der Waals surface area (Å²) in [6.07, 6.45) is 2.78. The van der Waals surface area contributed by atoms with Crippen molar-refractivity contribution in [2.45, 2.75) is 39.3 Å². The second kappa shape index (κ2) is 7.22. The molecule has 2 aromatic rings. The smallest absolute Gasteiger partial charge is 0.222 e. The Morgan fingerprint density at radius 3 is 2.86 bits per heavy atom. The van der Waals surface area contributed by atoms with Gasteiger partial charge in [0.2, 0.25) is 5.91 Å². The number of amides is 1. The van der Waals surface area contributed by atoms with Crippen LogP contribution in [0.2, 0.25) is 0 Å². The predicted octanol–water partition coefficient (Wildman–Crippen LogP) is 1.95. The van der Waals surface area contributed by atoms with E-state index in [1.807, 2.05) is 42.7 Å². The van der Waals surface area contributed by atoms with Gasteiger partial charge in [0.25, 0.3) is 0 Å². The number of nitrogens with one attached hydrogen (secondary N) is 1. The SMILES string of the molecule is CC(C)C(CCO)NC(=O)CCn1cnc2ccccc21. The van der Waals surface area contributed by atoms with Crippen molar-refractivity contribution < 1.29 is 9.90 Å². The Hall–Kier alpha value is -1.88. The van der Waals surface area contributed by atoms with Gasteiger partial charge >= 0.3 is 0 Å². The van der Waals surface area contributed by atoms with Crippen LogP contribution < -0.4 is 5.32 Å². The van der Waals surface area contributed by atoms with Gasteiger partial charge < -0.3 is 15.0 Å². The van der Waals surface area contributed by atoms with Gasteiger partial charge in [-0.2, -0.15) is 0 Å². The third kappa shape index (κ3) is 4.04. The van der Waals surface area contributed by atoms with Gasteiger partial charge in [-0.15, -0.1) is 0 Å². The van der Waals surface area contributed by atoms with Gasteiger partial charge in [-0.25, -0.2) is 4.98 Å². The van der Waals surface area contributed by atoms with E-state index in [0.29, 0.717) is 25.3 Å². The molecule has 2 rings (SSSR count). The number of aromatic nitrogens is 2. The molecule has 5 heteroatoms. The monoisotopic (exact) mass is 289 g/mol. The van der Waals surface area contributed by atoms with E-state index >= 15 is 0 Å². The van der Waals surface area contributed by atoms with Crippen LogP contribution in [-0.4, -0.2) is 33.2 Å². The fraction of sp³-hybridized carbons (Fsp3) is 0.500. The number of aryl methyl sites for hydroxylation is 1. The summed E-state index contributed by atoms with van der Waals surface area (Å²) in [5.41, 5.74) is 1.99. The third-order valence-corrected chi connectivity index (χ3v) is 3.70. The van der Waals surface area contributed by atoms with Crippen molar-refractivity contribution in [2.75, 3.05) is 6.61 Å². The van der Waals surface area contributed by atoms with Gasteiger partial charge in [-0.1, -0.05) is 26.0 Å². The van der Waals surface area contributed by atoms with E-state index in [1.165, 1.54) is 0 Å². The molecule has 1 heterocycles. The van der Waals surface area contributed by atoms with Gasteiger partial charge in [0, 0.05) is 25.6 Å². The first-order valence-electron chi connectivity index (χ1n) is 7.42. The summed E-state index contributed by atoms with van der Waals surface area (Å²) in [6, 6.07) is 7.91. The zero-order valence-corrected chi connectivity index (χ0v) is 12.6. The number of aliphatic hydroxyl groups excluding tert-OH is 1. The van der Waals surface area contributed by atoms with Crippen LogP contribution in [0.25, 0.3) is 11.0 Å². The topological polar surface area (TPSA) is 67.2 Å². The highest BCUT2D eigenvalue weighted by Gasteiger charge is 2.15. The molecule has 2 N–H and O–H groups in total. The highest BCUT2D eigenvalue weighted by atomic mass is 16.3. The number of hydrogen-bond acceptors (Lipinski definition) is 3. The van der Waals surface area contributed by atoms with E-state index in [2.05, 4.69) is 10.3 Å². The van der Waals surface area contributed by atoms with Crippen LogP contribution in [0.3, 0.4) is 0 Å². The van der Waals surface area contributed by atoms with Gasteiger partial charge in [0.15, 0.2) is 0 Å². The Labute approximate surface area is 125 Å². The van der Waals surface area contributed by atoms with Crippen molar-refractivity contribution in [1.29, 1.82) is 0 Å². The molecule has 21 heavy (non-hydrogen) atoms. The number of aliphatic hydroxyl groups is 1. The maximum Gasteiger partial charge on any atom is 0.222 e. The Morgan fingerprint density at radius 1 is 1.38 bits per heavy atom. The fourth-order valence-electron chi connectivity index (χ4n) is 2.40. The Morgan fingerprint density at radius 2 is 2.14 bits per heavy atom. The summed E-state index contributed by atoms with van der Waals surface area (Å²) >= 11 is 0. The van der Waals surface area contributed by atoms with Crippen molar-refractivity contribution in [1.82, 2.24) is 14.9 Å². The second-order valence-corrected chi connectivity index (χ2v) is 5.61. The molecule has 0 bridgehead atoms. The summed E-state index contributed by atoms with van der Waals surface area (Å²) in [7, 11) is 0. The summed E-state index contributed by atoms with van der Waals surface area (Å²) in [5.74, 6) is 0.329. The maximum atomic E-state index is 12.0. The zero-order valence-electron chi connectivity index (χ0n) is 12.6. The van der Waals surface area contributed by atoms with Gasteiger partial charge in [-0.3, -0.25) is 4.79 Å². The largest absolute Gasteiger partial charge is 0.396 e. The maximum absolute atomic E-state index is 12.0. The van der Waals surface area contributed by atoms with Crippen LogP contribution in [-0.2, 0) is 11.3 Å². The van der Waals surface area contributed by atoms with Crippen molar-refractivity contribution in [3.63, 3.8) is 0 Å².